The van der Waals surface area contributed by atoms with Gasteiger partial charge in [-0.2, -0.15) is 0 Å². The van der Waals surface area contributed by atoms with Crippen LogP contribution in [0.2, 0.25) is 0 Å². The van der Waals surface area contributed by atoms with Crippen molar-refractivity contribution < 1.29 is 0 Å². The third kappa shape index (κ3) is 4.55. The maximum Gasteiger partial charge on any atom is 0.0714 e. The van der Waals surface area contributed by atoms with Gasteiger partial charge in [0.15, 0.2) is 0 Å². The van der Waals surface area contributed by atoms with Crippen molar-refractivity contribution in [1.82, 2.24) is 4.98 Å². The SMILES string of the molecule is C(#Cc1cccc(-c2cc(C#Cc3ccccc3)ccn2)c1)c1ccccc1. The summed E-state index contributed by atoms with van der Waals surface area (Å²) in [5.74, 6) is 12.8. The molecule has 0 bridgehead atoms. The molecule has 0 N–H and O–H groups in total. The van der Waals surface area contributed by atoms with E-state index in [0.29, 0.717) is 0 Å². The van der Waals surface area contributed by atoms with Gasteiger partial charge in [0.05, 0.1) is 5.69 Å². The molecule has 0 unspecified atom stereocenters. The Kier molecular flexibility index (Phi) is 5.29. The molecule has 4 rings (SSSR count). The number of hydrogen-bond donors (Lipinski definition) is 0. The Morgan fingerprint density at radius 2 is 1.00 bits per heavy atom. The molecule has 0 fully saturated rings. The van der Waals surface area contributed by atoms with Crippen LogP contribution in [-0.4, -0.2) is 4.98 Å². The molecule has 0 radical (unpaired) electrons. The third-order valence-electron chi connectivity index (χ3n) is 4.17. The summed E-state index contributed by atoms with van der Waals surface area (Å²) in [7, 11) is 0. The van der Waals surface area contributed by atoms with Crippen molar-refractivity contribution in [1.29, 1.82) is 0 Å². The minimum atomic E-state index is 0.892. The van der Waals surface area contributed by atoms with E-state index < -0.39 is 0 Å². The molecule has 0 saturated heterocycles. The van der Waals surface area contributed by atoms with Crippen LogP contribution in [0, 0.1) is 23.7 Å². The predicted octanol–water partition coefficient (Wildman–Crippen LogP) is 5.55. The number of rotatable bonds is 1. The zero-order chi connectivity index (χ0) is 19.0. The molecule has 0 saturated carbocycles. The van der Waals surface area contributed by atoms with Crippen LogP contribution < -0.4 is 0 Å². The van der Waals surface area contributed by atoms with Crippen LogP contribution >= 0.6 is 0 Å². The number of pyridine rings is 1. The van der Waals surface area contributed by atoms with Crippen molar-refractivity contribution in [3.8, 4) is 34.9 Å². The standard InChI is InChI=1S/C27H17N/c1-3-8-22(9-4-1)14-16-24-12-7-13-26(20-24)27-21-25(18-19-28-27)17-15-23-10-5-2-6-11-23/h1-13,18-21H. The van der Waals surface area contributed by atoms with Gasteiger partial charge in [0.1, 0.15) is 0 Å². The highest BCUT2D eigenvalue weighted by atomic mass is 14.7. The van der Waals surface area contributed by atoms with E-state index in [1.54, 1.807) is 6.20 Å². The van der Waals surface area contributed by atoms with Gasteiger partial charge in [-0.25, -0.2) is 0 Å². The third-order valence-corrected chi connectivity index (χ3v) is 4.17. The van der Waals surface area contributed by atoms with Crippen LogP contribution in [0.15, 0.2) is 103 Å². The van der Waals surface area contributed by atoms with E-state index in [1.807, 2.05) is 91.0 Å². The van der Waals surface area contributed by atoms with Gasteiger partial charge in [-0.3, -0.25) is 4.98 Å². The molecule has 3 aromatic carbocycles. The van der Waals surface area contributed by atoms with Gasteiger partial charge in [0.2, 0.25) is 0 Å². The van der Waals surface area contributed by atoms with Gasteiger partial charge in [0.25, 0.3) is 0 Å². The van der Waals surface area contributed by atoms with Gasteiger partial charge in [-0.05, 0) is 48.5 Å². The quantitative estimate of drug-likeness (QED) is 0.408. The minimum Gasteiger partial charge on any atom is -0.256 e. The molecule has 0 spiro atoms. The second kappa shape index (κ2) is 8.54. The second-order valence-corrected chi connectivity index (χ2v) is 6.24. The first-order valence-corrected chi connectivity index (χ1v) is 9.07. The highest BCUT2D eigenvalue weighted by Gasteiger charge is 2.01. The highest BCUT2D eigenvalue weighted by molar-refractivity contribution is 5.64. The first-order chi connectivity index (χ1) is 13.9. The van der Waals surface area contributed by atoms with E-state index in [9.17, 15) is 0 Å². The van der Waals surface area contributed by atoms with Crippen molar-refractivity contribution in [2.75, 3.05) is 0 Å². The highest BCUT2D eigenvalue weighted by Crippen LogP contribution is 2.19. The summed E-state index contributed by atoms with van der Waals surface area (Å²) in [5.41, 5.74) is 5.83. The molecule has 28 heavy (non-hydrogen) atoms. The first-order valence-electron chi connectivity index (χ1n) is 9.07. The van der Waals surface area contributed by atoms with Gasteiger partial charge < -0.3 is 0 Å². The Balaban J connectivity index is 1.60. The minimum absolute atomic E-state index is 0.892. The average Bonchev–Trinajstić information content (AvgIpc) is 2.78. The van der Waals surface area contributed by atoms with Crippen molar-refractivity contribution in [2.24, 2.45) is 0 Å². The van der Waals surface area contributed by atoms with E-state index in [4.69, 9.17) is 0 Å². The Hall–Kier alpha value is -4.07. The predicted molar refractivity (Wildman–Crippen MR) is 115 cm³/mol. The number of hydrogen-bond acceptors (Lipinski definition) is 1. The van der Waals surface area contributed by atoms with Crippen LogP contribution in [0.3, 0.4) is 0 Å². The molecule has 1 nitrogen and oxygen atoms in total. The average molecular weight is 355 g/mol. The lowest BCUT2D eigenvalue weighted by Gasteiger charge is -2.02. The monoisotopic (exact) mass is 355 g/mol. The Bertz CT molecular complexity index is 1100. The number of benzene rings is 3. The maximum atomic E-state index is 4.51. The molecule has 4 aromatic rings. The van der Waals surface area contributed by atoms with E-state index in [0.717, 1.165) is 33.5 Å². The van der Waals surface area contributed by atoms with Gasteiger partial charge >= 0.3 is 0 Å². The van der Waals surface area contributed by atoms with Crippen LogP contribution in [0.1, 0.15) is 22.3 Å². The largest absolute Gasteiger partial charge is 0.256 e. The van der Waals surface area contributed by atoms with Crippen LogP contribution in [0.5, 0.6) is 0 Å². The summed E-state index contributed by atoms with van der Waals surface area (Å²) in [5, 5.41) is 0. The Morgan fingerprint density at radius 1 is 0.464 bits per heavy atom. The zero-order valence-electron chi connectivity index (χ0n) is 15.3. The summed E-state index contributed by atoms with van der Waals surface area (Å²) in [6.07, 6.45) is 1.80. The van der Waals surface area contributed by atoms with E-state index in [-0.39, 0.29) is 0 Å². The summed E-state index contributed by atoms with van der Waals surface area (Å²) in [6.45, 7) is 0. The molecule has 0 aliphatic carbocycles. The van der Waals surface area contributed by atoms with Gasteiger partial charge in [-0.1, -0.05) is 72.2 Å². The van der Waals surface area contributed by atoms with Crippen LogP contribution in [0.25, 0.3) is 11.3 Å². The van der Waals surface area contributed by atoms with Crippen molar-refractivity contribution in [3.05, 3.63) is 126 Å². The Morgan fingerprint density at radius 3 is 1.64 bits per heavy atom. The fourth-order valence-corrected chi connectivity index (χ4v) is 2.75. The van der Waals surface area contributed by atoms with Crippen LogP contribution in [0.4, 0.5) is 0 Å². The summed E-state index contributed by atoms with van der Waals surface area (Å²) < 4.78 is 0. The molecule has 1 heteroatoms. The van der Waals surface area contributed by atoms with Gasteiger partial charge in [-0.15, -0.1) is 0 Å². The second-order valence-electron chi connectivity index (χ2n) is 6.24. The lowest BCUT2D eigenvalue weighted by Crippen LogP contribution is -1.86. The molecule has 130 valence electrons. The summed E-state index contributed by atoms with van der Waals surface area (Å²) in [4.78, 5) is 4.51. The molecule has 1 aromatic heterocycles. The van der Waals surface area contributed by atoms with E-state index in [2.05, 4.69) is 34.7 Å². The Labute approximate surface area is 165 Å². The van der Waals surface area contributed by atoms with Crippen LogP contribution in [-0.2, 0) is 0 Å². The topological polar surface area (TPSA) is 12.9 Å². The molecule has 1 heterocycles. The van der Waals surface area contributed by atoms with Crippen molar-refractivity contribution in [3.63, 3.8) is 0 Å². The molecular weight excluding hydrogens is 338 g/mol. The lowest BCUT2D eigenvalue weighted by molar-refractivity contribution is 1.31. The number of nitrogens with zero attached hydrogens (tertiary/aromatic N) is 1. The molecule has 0 amide bonds. The van der Waals surface area contributed by atoms with Crippen molar-refractivity contribution in [2.45, 2.75) is 0 Å². The first kappa shape index (κ1) is 17.3. The van der Waals surface area contributed by atoms with E-state index in [1.165, 1.54) is 0 Å². The van der Waals surface area contributed by atoms with Gasteiger partial charge in [0, 0.05) is 34.0 Å². The molecule has 0 aliphatic rings. The summed E-state index contributed by atoms with van der Waals surface area (Å²) in [6, 6.07) is 32.0. The normalized spacial score (nSPS) is 9.57. The maximum absolute atomic E-state index is 4.51. The molecule has 0 atom stereocenters. The number of aromatic nitrogens is 1. The summed E-state index contributed by atoms with van der Waals surface area (Å²) >= 11 is 0. The fourth-order valence-electron chi connectivity index (χ4n) is 2.75. The fraction of sp³-hybridized carbons (Fsp3) is 0. The smallest absolute Gasteiger partial charge is 0.0714 e. The molecule has 0 aliphatic heterocycles. The van der Waals surface area contributed by atoms with Crippen molar-refractivity contribution >= 4 is 0 Å². The molecular formula is C27H17N. The lowest BCUT2D eigenvalue weighted by atomic mass is 10.1. The zero-order valence-corrected chi connectivity index (χ0v) is 15.3. The van der Waals surface area contributed by atoms with E-state index >= 15 is 0 Å².